The van der Waals surface area contributed by atoms with Crippen LogP contribution in [0.2, 0.25) is 0 Å². The molecule has 0 aromatic carbocycles. The zero-order valence-corrected chi connectivity index (χ0v) is 9.00. The smallest absolute Gasteiger partial charge is 0.168 e. The van der Waals surface area contributed by atoms with Gasteiger partial charge in [0.25, 0.3) is 0 Å². The maximum absolute atomic E-state index is 5.21. The highest BCUT2D eigenvalue weighted by Gasteiger charge is 2.22. The molecule has 1 aliphatic rings. The van der Waals surface area contributed by atoms with Gasteiger partial charge in [-0.25, -0.2) is 0 Å². The van der Waals surface area contributed by atoms with Crippen molar-refractivity contribution in [3.05, 3.63) is 0 Å². The summed E-state index contributed by atoms with van der Waals surface area (Å²) >= 11 is 5.08. The first-order valence-electron chi connectivity index (χ1n) is 3.77. The van der Waals surface area contributed by atoms with Crippen molar-refractivity contribution in [2.75, 3.05) is 27.2 Å². The van der Waals surface area contributed by atoms with Crippen molar-refractivity contribution in [2.24, 2.45) is 0 Å². The fourth-order valence-electron chi connectivity index (χ4n) is 1.26. The number of methoxy groups -OCH3 is 1. The molecule has 1 saturated heterocycles. The van der Waals surface area contributed by atoms with Gasteiger partial charge in [0, 0.05) is 27.2 Å². The third-order valence-electron chi connectivity index (χ3n) is 1.98. The molecule has 0 amide bonds. The number of nitrogens with zero attached hydrogens (tertiary/aromatic N) is 1. The topological polar surface area (TPSA) is 24.5 Å². The van der Waals surface area contributed by atoms with Gasteiger partial charge in [-0.1, -0.05) is 0 Å². The second-order valence-electron chi connectivity index (χ2n) is 2.65. The van der Waals surface area contributed by atoms with Crippen LogP contribution in [0.3, 0.4) is 0 Å². The molecule has 12 heavy (non-hydrogen) atoms. The molecule has 1 N–H and O–H groups in total. The molecule has 5 heteroatoms. The molecule has 0 unspecified atom stereocenters. The van der Waals surface area contributed by atoms with E-state index in [9.17, 15) is 0 Å². The monoisotopic (exact) mass is 210 g/mol. The summed E-state index contributed by atoms with van der Waals surface area (Å²) in [6.07, 6.45) is 1.44. The van der Waals surface area contributed by atoms with Gasteiger partial charge < -0.3 is 15.0 Å². The van der Waals surface area contributed by atoms with Crippen LogP contribution in [0, 0.1) is 0 Å². The number of ether oxygens (including phenoxy) is 1. The molecular weight excluding hydrogens is 196 g/mol. The van der Waals surface area contributed by atoms with Crippen molar-refractivity contribution in [1.29, 1.82) is 0 Å². The average Bonchev–Trinajstić information content (AvgIpc) is 2.50. The van der Waals surface area contributed by atoms with Crippen molar-refractivity contribution in [2.45, 2.75) is 12.5 Å². The zero-order valence-electron chi connectivity index (χ0n) is 7.37. The highest BCUT2D eigenvalue weighted by Crippen LogP contribution is 2.11. The van der Waals surface area contributed by atoms with Crippen LogP contribution in [0.5, 0.6) is 0 Å². The van der Waals surface area contributed by atoms with Gasteiger partial charge in [0.15, 0.2) is 5.11 Å². The van der Waals surface area contributed by atoms with Crippen LogP contribution in [0.15, 0.2) is 0 Å². The first-order valence-corrected chi connectivity index (χ1v) is 4.18. The van der Waals surface area contributed by atoms with Crippen molar-refractivity contribution in [1.82, 2.24) is 10.2 Å². The quantitative estimate of drug-likeness (QED) is 0.642. The van der Waals surface area contributed by atoms with Gasteiger partial charge in [0.2, 0.25) is 0 Å². The molecule has 72 valence electrons. The third-order valence-corrected chi connectivity index (χ3v) is 2.44. The molecule has 1 heterocycles. The highest BCUT2D eigenvalue weighted by molar-refractivity contribution is 7.80. The van der Waals surface area contributed by atoms with E-state index in [1.165, 1.54) is 0 Å². The van der Waals surface area contributed by atoms with Gasteiger partial charge in [-0.15, -0.1) is 12.4 Å². The van der Waals surface area contributed by atoms with Crippen molar-refractivity contribution in [3.8, 4) is 0 Å². The molecule has 0 bridgehead atoms. The predicted octanol–water partition coefficient (Wildman–Crippen LogP) is 0.633. The lowest BCUT2D eigenvalue weighted by molar-refractivity contribution is 0.114. The molecule has 0 spiro atoms. The molecule has 0 saturated carbocycles. The number of likely N-dealkylation sites (tertiary alicyclic amines) is 1. The Balaban J connectivity index is 0.00000121. The van der Waals surface area contributed by atoms with Crippen molar-refractivity contribution >= 4 is 29.7 Å². The largest absolute Gasteiger partial charge is 0.380 e. The molecule has 1 fully saturated rings. The first kappa shape index (κ1) is 11.9. The van der Waals surface area contributed by atoms with Crippen LogP contribution in [0.4, 0.5) is 0 Å². The fraction of sp³-hybridized carbons (Fsp3) is 0.857. The Morgan fingerprint density at radius 3 is 2.75 bits per heavy atom. The summed E-state index contributed by atoms with van der Waals surface area (Å²) in [5.41, 5.74) is 0. The van der Waals surface area contributed by atoms with Gasteiger partial charge in [-0.2, -0.15) is 0 Å². The maximum atomic E-state index is 5.21. The molecule has 1 atom stereocenters. The van der Waals surface area contributed by atoms with Crippen LogP contribution in [0.1, 0.15) is 6.42 Å². The molecule has 0 aliphatic carbocycles. The van der Waals surface area contributed by atoms with Gasteiger partial charge >= 0.3 is 0 Å². The summed E-state index contributed by atoms with van der Waals surface area (Å²) in [6, 6.07) is 0. The number of thiocarbonyl (C=S) groups is 1. The Labute approximate surface area is 84.9 Å². The first-order chi connectivity index (χ1) is 5.27. The van der Waals surface area contributed by atoms with Crippen molar-refractivity contribution < 1.29 is 4.74 Å². The normalized spacial score (nSPS) is 21.8. The lowest BCUT2D eigenvalue weighted by atomic mass is 10.3. The second-order valence-corrected chi connectivity index (χ2v) is 3.03. The summed E-state index contributed by atoms with van der Waals surface area (Å²) in [4.78, 5) is 2.13. The van der Waals surface area contributed by atoms with E-state index in [0.717, 1.165) is 24.6 Å². The zero-order chi connectivity index (χ0) is 8.27. The minimum absolute atomic E-state index is 0. The fourth-order valence-corrected chi connectivity index (χ4v) is 1.43. The number of rotatable bonds is 1. The summed E-state index contributed by atoms with van der Waals surface area (Å²) in [5.74, 6) is 0. The van der Waals surface area contributed by atoms with E-state index in [4.69, 9.17) is 17.0 Å². The molecule has 0 aromatic heterocycles. The van der Waals surface area contributed by atoms with Crippen molar-refractivity contribution in [3.63, 3.8) is 0 Å². The Hall–Kier alpha value is -0.0600. The Bertz CT molecular complexity index is 156. The minimum atomic E-state index is 0. The van der Waals surface area contributed by atoms with Crippen LogP contribution in [0.25, 0.3) is 0 Å². The van der Waals surface area contributed by atoms with E-state index in [1.54, 1.807) is 7.11 Å². The summed E-state index contributed by atoms with van der Waals surface area (Å²) in [7, 11) is 3.60. The van der Waals surface area contributed by atoms with Gasteiger partial charge in [-0.05, 0) is 18.6 Å². The molecule has 1 rings (SSSR count). The molecule has 0 aromatic rings. The Morgan fingerprint density at radius 2 is 2.33 bits per heavy atom. The number of nitrogens with one attached hydrogen (secondary N) is 1. The average molecular weight is 211 g/mol. The summed E-state index contributed by atoms with van der Waals surface area (Å²) in [5, 5.41) is 3.78. The van der Waals surface area contributed by atoms with Crippen LogP contribution < -0.4 is 5.32 Å². The van der Waals surface area contributed by atoms with Gasteiger partial charge in [0.1, 0.15) is 0 Å². The highest BCUT2D eigenvalue weighted by atomic mass is 35.5. The Morgan fingerprint density at radius 1 is 1.67 bits per heavy atom. The van der Waals surface area contributed by atoms with Gasteiger partial charge in [0.05, 0.1) is 6.10 Å². The molecule has 1 aliphatic heterocycles. The predicted molar refractivity (Wildman–Crippen MR) is 55.9 cm³/mol. The summed E-state index contributed by atoms with van der Waals surface area (Å²) in [6.45, 7) is 1.94. The van der Waals surface area contributed by atoms with E-state index in [2.05, 4.69) is 10.2 Å². The van der Waals surface area contributed by atoms with E-state index < -0.39 is 0 Å². The standard InChI is InChI=1S/C7H14N2OS.ClH/c1-8-7(11)9-4-3-6(5-9)10-2;/h6H,3-5H2,1-2H3,(H,8,11);1H/t6-;/m1./s1. The number of hydrogen-bond donors (Lipinski definition) is 1. The van der Waals surface area contributed by atoms with Crippen LogP contribution in [-0.2, 0) is 4.74 Å². The van der Waals surface area contributed by atoms with E-state index in [-0.39, 0.29) is 12.4 Å². The number of hydrogen-bond acceptors (Lipinski definition) is 2. The third kappa shape index (κ3) is 2.77. The second kappa shape index (κ2) is 5.56. The summed E-state index contributed by atoms with van der Waals surface area (Å²) < 4.78 is 5.21. The lowest BCUT2D eigenvalue weighted by Gasteiger charge is -2.17. The molecule has 3 nitrogen and oxygen atoms in total. The van der Waals surface area contributed by atoms with Gasteiger partial charge in [-0.3, -0.25) is 0 Å². The molecular formula is C7H15ClN2OS. The SMILES string of the molecule is CNC(=S)N1CC[C@@H](OC)C1.Cl. The Kier molecular flexibility index (Phi) is 5.53. The van der Waals surface area contributed by atoms with Crippen LogP contribution >= 0.6 is 24.6 Å². The van der Waals surface area contributed by atoms with Crippen LogP contribution in [-0.4, -0.2) is 43.4 Å². The van der Waals surface area contributed by atoms with E-state index in [1.807, 2.05) is 7.05 Å². The number of halogens is 1. The minimum Gasteiger partial charge on any atom is -0.380 e. The molecule has 0 radical (unpaired) electrons. The van der Waals surface area contributed by atoms with E-state index in [0.29, 0.717) is 6.10 Å². The van der Waals surface area contributed by atoms with E-state index >= 15 is 0 Å². The maximum Gasteiger partial charge on any atom is 0.168 e. The lowest BCUT2D eigenvalue weighted by Crippen LogP contribution is -2.36.